The van der Waals surface area contributed by atoms with Crippen LogP contribution in [-0.4, -0.2) is 36.6 Å². The number of piperidine rings is 1. The topological polar surface area (TPSA) is 84.7 Å². The second-order valence-electron chi connectivity index (χ2n) is 6.39. The van der Waals surface area contributed by atoms with E-state index in [-0.39, 0.29) is 23.6 Å². The van der Waals surface area contributed by atoms with E-state index < -0.39 is 4.92 Å². The summed E-state index contributed by atoms with van der Waals surface area (Å²) in [5.74, 6) is 0.748. The van der Waals surface area contributed by atoms with E-state index in [1.165, 1.54) is 6.07 Å². The predicted molar refractivity (Wildman–Crippen MR) is 90.4 cm³/mol. The summed E-state index contributed by atoms with van der Waals surface area (Å²) in [6.07, 6.45) is 3.82. The van der Waals surface area contributed by atoms with Crippen LogP contribution in [0.2, 0.25) is 0 Å². The van der Waals surface area contributed by atoms with Crippen LogP contribution in [0.25, 0.3) is 0 Å². The number of carbonyl (C=O) groups is 1. The van der Waals surface area contributed by atoms with Gasteiger partial charge in [-0.25, -0.2) is 0 Å². The van der Waals surface area contributed by atoms with Gasteiger partial charge in [-0.05, 0) is 38.7 Å². The molecule has 2 aliphatic rings. The molecule has 0 unspecified atom stereocenters. The third kappa shape index (κ3) is 3.77. The Morgan fingerprint density at radius 1 is 1.33 bits per heavy atom. The average Bonchev–Trinajstić information content (AvgIpc) is 3.40. The van der Waals surface area contributed by atoms with Gasteiger partial charge in [0.15, 0.2) is 5.75 Å². The molecule has 24 heavy (non-hydrogen) atoms. The molecule has 0 aromatic heterocycles. The number of hydrogen-bond donors (Lipinski definition) is 1. The Morgan fingerprint density at radius 3 is 2.62 bits per heavy atom. The van der Waals surface area contributed by atoms with Crippen molar-refractivity contribution in [3.63, 3.8) is 0 Å². The number of rotatable bonds is 6. The molecule has 2 fully saturated rings. The molecule has 7 heteroatoms. The van der Waals surface area contributed by atoms with E-state index in [1.807, 2.05) is 6.92 Å². The normalized spacial score (nSPS) is 18.3. The molecule has 1 saturated heterocycles. The number of benzene rings is 1. The van der Waals surface area contributed by atoms with Crippen LogP contribution >= 0.6 is 0 Å². The van der Waals surface area contributed by atoms with Crippen LogP contribution in [0.4, 0.5) is 11.4 Å². The average molecular weight is 333 g/mol. The van der Waals surface area contributed by atoms with Crippen molar-refractivity contribution in [3.8, 4) is 5.75 Å². The van der Waals surface area contributed by atoms with Gasteiger partial charge in [-0.2, -0.15) is 0 Å². The summed E-state index contributed by atoms with van der Waals surface area (Å²) >= 11 is 0. The van der Waals surface area contributed by atoms with Gasteiger partial charge in [0, 0.05) is 42.9 Å². The van der Waals surface area contributed by atoms with E-state index in [1.54, 1.807) is 12.1 Å². The Morgan fingerprint density at radius 2 is 2.04 bits per heavy atom. The minimum absolute atomic E-state index is 0.00724. The maximum atomic E-state index is 11.8. The van der Waals surface area contributed by atoms with Gasteiger partial charge in [0.05, 0.1) is 11.5 Å². The van der Waals surface area contributed by atoms with Crippen molar-refractivity contribution in [1.82, 2.24) is 5.32 Å². The van der Waals surface area contributed by atoms with Crippen molar-refractivity contribution in [1.29, 1.82) is 0 Å². The molecular formula is C17H23N3O4. The molecule has 0 radical (unpaired) electrons. The fourth-order valence-corrected chi connectivity index (χ4v) is 3.07. The minimum Gasteiger partial charge on any atom is -0.487 e. The number of nitro groups is 1. The van der Waals surface area contributed by atoms with Crippen LogP contribution in [0.1, 0.15) is 32.6 Å². The SMILES string of the molecule is CCOc1cc(N2CCC(NC(=O)C3CC3)CC2)ccc1[N+](=O)[O-]. The number of anilines is 1. The molecule has 130 valence electrons. The Labute approximate surface area is 141 Å². The van der Waals surface area contributed by atoms with E-state index in [0.717, 1.165) is 44.5 Å². The molecule has 0 atom stereocenters. The van der Waals surface area contributed by atoms with Gasteiger partial charge in [0.25, 0.3) is 0 Å². The van der Waals surface area contributed by atoms with Crippen molar-refractivity contribution in [2.24, 2.45) is 5.92 Å². The molecule has 7 nitrogen and oxygen atoms in total. The van der Waals surface area contributed by atoms with Gasteiger partial charge < -0.3 is 15.0 Å². The Hall–Kier alpha value is -2.31. The summed E-state index contributed by atoms with van der Waals surface area (Å²) in [5, 5.41) is 14.2. The van der Waals surface area contributed by atoms with Crippen molar-refractivity contribution in [2.45, 2.75) is 38.6 Å². The molecule has 1 aromatic carbocycles. The lowest BCUT2D eigenvalue weighted by Gasteiger charge is -2.34. The summed E-state index contributed by atoms with van der Waals surface area (Å²) in [5.41, 5.74) is 0.920. The Bertz CT molecular complexity index is 622. The van der Waals surface area contributed by atoms with Crippen LogP contribution < -0.4 is 15.0 Å². The zero-order chi connectivity index (χ0) is 17.1. The summed E-state index contributed by atoms with van der Waals surface area (Å²) in [4.78, 5) is 24.7. The lowest BCUT2D eigenvalue weighted by Crippen LogP contribution is -2.45. The first-order valence-corrected chi connectivity index (χ1v) is 8.55. The number of amides is 1. The number of carbonyl (C=O) groups excluding carboxylic acids is 1. The molecule has 1 heterocycles. The lowest BCUT2D eigenvalue weighted by molar-refractivity contribution is -0.385. The van der Waals surface area contributed by atoms with E-state index in [9.17, 15) is 14.9 Å². The first kappa shape index (κ1) is 16.5. The summed E-state index contributed by atoms with van der Waals surface area (Å²) in [7, 11) is 0. The van der Waals surface area contributed by atoms with Crippen LogP contribution in [0.3, 0.4) is 0 Å². The number of nitrogens with zero attached hydrogens (tertiary/aromatic N) is 2. The Kier molecular flexibility index (Phi) is 4.87. The number of nitro benzene ring substituents is 1. The minimum atomic E-state index is -0.422. The predicted octanol–water partition coefficient (Wildman–Crippen LogP) is 2.49. The fourth-order valence-electron chi connectivity index (χ4n) is 3.07. The number of nitrogens with one attached hydrogen (secondary N) is 1. The van der Waals surface area contributed by atoms with Crippen LogP contribution in [0.5, 0.6) is 5.75 Å². The second-order valence-corrected chi connectivity index (χ2v) is 6.39. The third-order valence-corrected chi connectivity index (χ3v) is 4.59. The quantitative estimate of drug-likeness (QED) is 0.638. The zero-order valence-electron chi connectivity index (χ0n) is 13.9. The Balaban J connectivity index is 1.62. The fraction of sp³-hybridized carbons (Fsp3) is 0.588. The van der Waals surface area contributed by atoms with Gasteiger partial charge >= 0.3 is 5.69 Å². The van der Waals surface area contributed by atoms with Gasteiger partial charge in [-0.15, -0.1) is 0 Å². The van der Waals surface area contributed by atoms with Crippen LogP contribution in [0, 0.1) is 16.0 Å². The first-order valence-electron chi connectivity index (χ1n) is 8.55. The van der Waals surface area contributed by atoms with E-state index in [0.29, 0.717) is 12.4 Å². The number of ether oxygens (including phenoxy) is 1. The number of hydrogen-bond acceptors (Lipinski definition) is 5. The van der Waals surface area contributed by atoms with E-state index in [4.69, 9.17) is 4.74 Å². The van der Waals surface area contributed by atoms with Gasteiger partial charge in [0.1, 0.15) is 0 Å². The highest BCUT2D eigenvalue weighted by molar-refractivity contribution is 5.81. The van der Waals surface area contributed by atoms with Crippen LogP contribution in [0.15, 0.2) is 18.2 Å². The largest absolute Gasteiger partial charge is 0.487 e. The van der Waals surface area contributed by atoms with Gasteiger partial charge in [0.2, 0.25) is 5.91 Å². The zero-order valence-corrected chi connectivity index (χ0v) is 13.9. The molecule has 1 saturated carbocycles. The smallest absolute Gasteiger partial charge is 0.311 e. The molecule has 1 aromatic rings. The molecule has 3 rings (SSSR count). The highest BCUT2D eigenvalue weighted by atomic mass is 16.6. The van der Waals surface area contributed by atoms with E-state index >= 15 is 0 Å². The van der Waals surface area contributed by atoms with Crippen molar-refractivity contribution >= 4 is 17.3 Å². The van der Waals surface area contributed by atoms with Gasteiger partial charge in [-0.1, -0.05) is 0 Å². The highest BCUT2D eigenvalue weighted by Crippen LogP contribution is 2.33. The van der Waals surface area contributed by atoms with Gasteiger partial charge in [-0.3, -0.25) is 14.9 Å². The maximum absolute atomic E-state index is 11.8. The maximum Gasteiger partial charge on any atom is 0.311 e. The first-order chi connectivity index (χ1) is 11.6. The summed E-state index contributed by atoms with van der Waals surface area (Å²) in [6, 6.07) is 5.24. The standard InChI is InChI=1S/C17H23N3O4/c1-2-24-16-11-14(5-6-15(16)20(22)23)19-9-7-13(8-10-19)18-17(21)12-3-4-12/h5-6,11-13H,2-4,7-10H2,1H3,(H,18,21). The summed E-state index contributed by atoms with van der Waals surface area (Å²) < 4.78 is 5.41. The molecule has 1 amide bonds. The van der Waals surface area contributed by atoms with Crippen molar-refractivity contribution < 1.29 is 14.5 Å². The molecule has 0 bridgehead atoms. The summed E-state index contributed by atoms with van der Waals surface area (Å²) in [6.45, 7) is 3.84. The highest BCUT2D eigenvalue weighted by Gasteiger charge is 2.32. The van der Waals surface area contributed by atoms with Crippen molar-refractivity contribution in [2.75, 3.05) is 24.6 Å². The lowest BCUT2D eigenvalue weighted by atomic mass is 10.0. The van der Waals surface area contributed by atoms with Crippen LogP contribution in [-0.2, 0) is 4.79 Å². The molecule has 1 aliphatic carbocycles. The molecule has 1 aliphatic heterocycles. The molecular weight excluding hydrogens is 310 g/mol. The van der Waals surface area contributed by atoms with Crippen molar-refractivity contribution in [3.05, 3.63) is 28.3 Å². The third-order valence-electron chi connectivity index (χ3n) is 4.59. The molecule has 0 spiro atoms. The van der Waals surface area contributed by atoms with E-state index in [2.05, 4.69) is 10.2 Å². The monoisotopic (exact) mass is 333 g/mol. The second kappa shape index (κ2) is 7.07. The molecule has 1 N–H and O–H groups in total.